The second-order valence-corrected chi connectivity index (χ2v) is 4.53. The molecule has 0 saturated carbocycles. The number of amides is 1. The quantitative estimate of drug-likeness (QED) is 0.904. The molecule has 0 aliphatic rings. The molecule has 1 N–H and O–H groups in total. The van der Waals surface area contributed by atoms with Gasteiger partial charge >= 0.3 is 0 Å². The van der Waals surface area contributed by atoms with Crippen molar-refractivity contribution >= 4 is 5.91 Å². The lowest BCUT2D eigenvalue weighted by atomic mass is 10.1. The number of H-pyrrole nitrogens is 1. The Morgan fingerprint density at radius 2 is 1.90 bits per heavy atom. The van der Waals surface area contributed by atoms with Crippen LogP contribution in [0.5, 0.6) is 0 Å². The zero-order chi connectivity index (χ0) is 14.4. The van der Waals surface area contributed by atoms with Crippen LogP contribution >= 0.6 is 0 Å². The molecule has 2 rings (SSSR count). The van der Waals surface area contributed by atoms with Gasteiger partial charge in [0.1, 0.15) is 5.56 Å². The molecule has 4 heteroatoms. The van der Waals surface area contributed by atoms with Crippen LogP contribution in [0.3, 0.4) is 0 Å². The summed E-state index contributed by atoms with van der Waals surface area (Å²) < 4.78 is 0. The van der Waals surface area contributed by atoms with Gasteiger partial charge in [0.25, 0.3) is 11.5 Å². The van der Waals surface area contributed by atoms with Gasteiger partial charge in [0, 0.05) is 19.3 Å². The fraction of sp³-hybridized carbons (Fsp3) is 0.250. The van der Waals surface area contributed by atoms with Crippen molar-refractivity contribution in [3.63, 3.8) is 0 Å². The van der Waals surface area contributed by atoms with Crippen molar-refractivity contribution in [3.8, 4) is 0 Å². The number of nitrogens with zero attached hydrogens (tertiary/aromatic N) is 1. The van der Waals surface area contributed by atoms with Crippen LogP contribution in [0.4, 0.5) is 0 Å². The molecule has 2 aromatic rings. The summed E-state index contributed by atoms with van der Waals surface area (Å²) in [5.41, 5.74) is 1.04. The summed E-state index contributed by atoms with van der Waals surface area (Å²) in [6.07, 6.45) is 2.31. The van der Waals surface area contributed by atoms with Crippen molar-refractivity contribution in [3.05, 3.63) is 70.1 Å². The number of carbonyl (C=O) groups excluding carboxylic acids is 1. The molecule has 0 aliphatic carbocycles. The minimum Gasteiger partial charge on any atom is -0.338 e. The van der Waals surface area contributed by atoms with E-state index in [0.717, 1.165) is 6.42 Å². The van der Waals surface area contributed by atoms with E-state index in [9.17, 15) is 9.59 Å². The normalized spacial score (nSPS) is 10.2. The molecule has 0 fully saturated rings. The molecule has 4 nitrogen and oxygen atoms in total. The third kappa shape index (κ3) is 3.35. The van der Waals surface area contributed by atoms with E-state index in [1.807, 2.05) is 37.3 Å². The maximum atomic E-state index is 12.3. The smallest absolute Gasteiger partial charge is 0.260 e. The second-order valence-electron chi connectivity index (χ2n) is 4.53. The zero-order valence-electron chi connectivity index (χ0n) is 11.5. The number of rotatable bonds is 5. The van der Waals surface area contributed by atoms with Gasteiger partial charge in [-0.25, -0.2) is 0 Å². The molecule has 1 aromatic carbocycles. The minimum atomic E-state index is -0.337. The molecule has 20 heavy (non-hydrogen) atoms. The molecule has 0 spiro atoms. The standard InChI is InChI=1S/C16H18N2O2/c1-2-18(12-10-13-7-4-3-5-8-13)16(20)14-9-6-11-17-15(14)19/h3-9,11H,2,10,12H2,1H3,(H,17,19). The highest BCUT2D eigenvalue weighted by Crippen LogP contribution is 2.04. The van der Waals surface area contributed by atoms with Gasteiger partial charge in [-0.15, -0.1) is 0 Å². The molecule has 0 atom stereocenters. The lowest BCUT2D eigenvalue weighted by molar-refractivity contribution is 0.0764. The summed E-state index contributed by atoms with van der Waals surface area (Å²) in [7, 11) is 0. The summed E-state index contributed by atoms with van der Waals surface area (Å²) in [5, 5.41) is 0. The van der Waals surface area contributed by atoms with Crippen LogP contribution in [-0.2, 0) is 6.42 Å². The highest BCUT2D eigenvalue weighted by Gasteiger charge is 2.16. The number of aromatic nitrogens is 1. The van der Waals surface area contributed by atoms with Crippen molar-refractivity contribution < 1.29 is 4.79 Å². The molecule has 0 bridgehead atoms. The van der Waals surface area contributed by atoms with Crippen molar-refractivity contribution in [2.45, 2.75) is 13.3 Å². The highest BCUT2D eigenvalue weighted by atomic mass is 16.2. The van der Waals surface area contributed by atoms with Crippen LogP contribution < -0.4 is 5.56 Å². The van der Waals surface area contributed by atoms with E-state index in [0.29, 0.717) is 13.1 Å². The third-order valence-corrected chi connectivity index (χ3v) is 3.23. The predicted octanol–water partition coefficient (Wildman–Crippen LogP) is 2.08. The van der Waals surface area contributed by atoms with E-state index < -0.39 is 0 Å². The van der Waals surface area contributed by atoms with E-state index in [4.69, 9.17) is 0 Å². The number of pyridine rings is 1. The van der Waals surface area contributed by atoms with Crippen molar-refractivity contribution in [1.82, 2.24) is 9.88 Å². The average Bonchev–Trinajstić information content (AvgIpc) is 2.49. The first-order chi connectivity index (χ1) is 9.72. The van der Waals surface area contributed by atoms with Crippen molar-refractivity contribution in [2.24, 2.45) is 0 Å². The van der Waals surface area contributed by atoms with Crippen molar-refractivity contribution in [1.29, 1.82) is 0 Å². The number of nitrogens with one attached hydrogen (secondary N) is 1. The first-order valence-electron chi connectivity index (χ1n) is 6.73. The summed E-state index contributed by atoms with van der Waals surface area (Å²) in [4.78, 5) is 28.2. The van der Waals surface area contributed by atoms with Gasteiger partial charge in [0.05, 0.1) is 0 Å². The van der Waals surface area contributed by atoms with E-state index in [2.05, 4.69) is 4.98 Å². The van der Waals surface area contributed by atoms with Gasteiger partial charge in [0.15, 0.2) is 0 Å². The van der Waals surface area contributed by atoms with Crippen LogP contribution in [0.2, 0.25) is 0 Å². The molecule has 0 radical (unpaired) electrons. The Balaban J connectivity index is 2.07. The maximum absolute atomic E-state index is 12.3. The topological polar surface area (TPSA) is 53.2 Å². The number of likely N-dealkylation sites (N-methyl/N-ethyl adjacent to an activating group) is 1. The first kappa shape index (κ1) is 14.1. The molecular formula is C16H18N2O2. The molecule has 104 valence electrons. The van der Waals surface area contributed by atoms with Crippen LogP contribution in [0.1, 0.15) is 22.8 Å². The highest BCUT2D eigenvalue weighted by molar-refractivity contribution is 5.93. The van der Waals surface area contributed by atoms with E-state index in [-0.39, 0.29) is 17.0 Å². The van der Waals surface area contributed by atoms with Crippen LogP contribution in [0.15, 0.2) is 53.5 Å². The molecule has 1 aromatic heterocycles. The Morgan fingerprint density at radius 1 is 1.15 bits per heavy atom. The number of hydrogen-bond acceptors (Lipinski definition) is 2. The van der Waals surface area contributed by atoms with Crippen LogP contribution in [-0.4, -0.2) is 28.9 Å². The van der Waals surface area contributed by atoms with E-state index in [1.165, 1.54) is 11.8 Å². The SMILES string of the molecule is CCN(CCc1ccccc1)C(=O)c1ccc[nH]c1=O. The van der Waals surface area contributed by atoms with Gasteiger partial charge in [-0.05, 0) is 31.0 Å². The first-order valence-corrected chi connectivity index (χ1v) is 6.73. The molecule has 1 heterocycles. The Hall–Kier alpha value is -2.36. The van der Waals surface area contributed by atoms with Gasteiger partial charge in [-0.2, -0.15) is 0 Å². The fourth-order valence-electron chi connectivity index (χ4n) is 2.07. The molecule has 0 saturated heterocycles. The van der Waals surface area contributed by atoms with Gasteiger partial charge in [0.2, 0.25) is 0 Å². The fourth-order valence-corrected chi connectivity index (χ4v) is 2.07. The van der Waals surface area contributed by atoms with Gasteiger partial charge < -0.3 is 9.88 Å². The largest absolute Gasteiger partial charge is 0.338 e. The Kier molecular flexibility index (Phi) is 4.71. The van der Waals surface area contributed by atoms with E-state index in [1.54, 1.807) is 17.0 Å². The zero-order valence-corrected chi connectivity index (χ0v) is 11.5. The minimum absolute atomic E-state index is 0.197. The lowest BCUT2D eigenvalue weighted by Crippen LogP contribution is -2.36. The number of hydrogen-bond donors (Lipinski definition) is 1. The Bertz CT molecular complexity index is 620. The molecule has 0 unspecified atom stereocenters. The second kappa shape index (κ2) is 6.70. The Labute approximate surface area is 118 Å². The lowest BCUT2D eigenvalue weighted by Gasteiger charge is -2.20. The number of benzene rings is 1. The third-order valence-electron chi connectivity index (χ3n) is 3.23. The maximum Gasteiger partial charge on any atom is 0.260 e. The number of aromatic amines is 1. The van der Waals surface area contributed by atoms with Gasteiger partial charge in [-0.1, -0.05) is 30.3 Å². The van der Waals surface area contributed by atoms with Crippen LogP contribution in [0, 0.1) is 0 Å². The average molecular weight is 270 g/mol. The van der Waals surface area contributed by atoms with Gasteiger partial charge in [-0.3, -0.25) is 9.59 Å². The predicted molar refractivity (Wildman–Crippen MR) is 78.8 cm³/mol. The van der Waals surface area contributed by atoms with E-state index >= 15 is 0 Å². The molecular weight excluding hydrogens is 252 g/mol. The monoisotopic (exact) mass is 270 g/mol. The molecule has 1 amide bonds. The summed E-state index contributed by atoms with van der Waals surface area (Å²) in [6, 6.07) is 13.2. The summed E-state index contributed by atoms with van der Waals surface area (Å²) >= 11 is 0. The number of carbonyl (C=O) groups is 1. The molecule has 0 aliphatic heterocycles. The summed E-state index contributed by atoms with van der Waals surface area (Å²) in [5.74, 6) is -0.217. The van der Waals surface area contributed by atoms with Crippen LogP contribution in [0.25, 0.3) is 0 Å². The Morgan fingerprint density at radius 3 is 2.55 bits per heavy atom. The summed E-state index contributed by atoms with van der Waals surface area (Å²) in [6.45, 7) is 3.10. The van der Waals surface area contributed by atoms with Crippen molar-refractivity contribution in [2.75, 3.05) is 13.1 Å².